The molecular weight excluding hydrogens is 382 g/mol. The number of carbonyl (C=O) groups is 2. The van der Waals surface area contributed by atoms with E-state index in [0.717, 1.165) is 5.56 Å². The Labute approximate surface area is 176 Å². The summed E-state index contributed by atoms with van der Waals surface area (Å²) in [7, 11) is 1.59. The van der Waals surface area contributed by atoms with Gasteiger partial charge in [0.05, 0.1) is 25.0 Å². The van der Waals surface area contributed by atoms with Gasteiger partial charge in [-0.1, -0.05) is 37.5 Å². The van der Waals surface area contributed by atoms with Crippen molar-refractivity contribution in [2.75, 3.05) is 19.0 Å². The fourth-order valence-corrected chi connectivity index (χ4v) is 3.59. The lowest BCUT2D eigenvalue weighted by atomic mass is 9.90. The average Bonchev–Trinajstić information content (AvgIpc) is 2.77. The molecule has 3 rings (SSSR count). The molecule has 0 heterocycles. The van der Waals surface area contributed by atoms with Gasteiger partial charge in [-0.2, -0.15) is 0 Å². The molecule has 0 spiro atoms. The maximum atomic E-state index is 12.2. The number of amides is 1. The van der Waals surface area contributed by atoms with Crippen LogP contribution in [0, 0.1) is 5.92 Å². The lowest BCUT2D eigenvalue weighted by Crippen LogP contribution is -2.15. The maximum absolute atomic E-state index is 12.2. The highest BCUT2D eigenvalue weighted by Gasteiger charge is 2.15. The zero-order valence-corrected chi connectivity index (χ0v) is 17.1. The maximum Gasteiger partial charge on any atom is 0.337 e. The first-order chi connectivity index (χ1) is 14.6. The Bertz CT molecular complexity index is 916. The SMILES string of the molecule is COc1cc(/C=C/C(=O)Nc2ccccc2C(=O)O)ccc1OCC1CCCCC1. The van der Waals surface area contributed by atoms with Gasteiger partial charge in [0.1, 0.15) is 0 Å². The largest absolute Gasteiger partial charge is 0.493 e. The van der Waals surface area contributed by atoms with Crippen molar-refractivity contribution in [2.24, 2.45) is 5.92 Å². The molecule has 0 atom stereocenters. The molecule has 0 saturated heterocycles. The third-order valence-electron chi connectivity index (χ3n) is 5.23. The minimum atomic E-state index is -1.09. The summed E-state index contributed by atoms with van der Waals surface area (Å²) in [5, 5.41) is 11.8. The van der Waals surface area contributed by atoms with E-state index in [2.05, 4.69) is 5.32 Å². The highest BCUT2D eigenvalue weighted by Crippen LogP contribution is 2.31. The molecule has 6 nitrogen and oxygen atoms in total. The number of nitrogens with one attached hydrogen (secondary N) is 1. The Morgan fingerprint density at radius 1 is 1.10 bits per heavy atom. The summed E-state index contributed by atoms with van der Waals surface area (Å²) in [5.74, 6) is 0.397. The predicted molar refractivity (Wildman–Crippen MR) is 116 cm³/mol. The van der Waals surface area contributed by atoms with Crippen LogP contribution in [0.3, 0.4) is 0 Å². The van der Waals surface area contributed by atoms with Gasteiger partial charge in [-0.15, -0.1) is 0 Å². The quantitative estimate of drug-likeness (QED) is 0.599. The second kappa shape index (κ2) is 10.5. The van der Waals surface area contributed by atoms with E-state index in [-0.39, 0.29) is 11.3 Å². The molecule has 2 aromatic carbocycles. The van der Waals surface area contributed by atoms with E-state index >= 15 is 0 Å². The molecule has 1 amide bonds. The van der Waals surface area contributed by atoms with E-state index in [0.29, 0.717) is 24.0 Å². The molecule has 2 aromatic rings. The fourth-order valence-electron chi connectivity index (χ4n) is 3.59. The van der Waals surface area contributed by atoms with Crippen LogP contribution < -0.4 is 14.8 Å². The van der Waals surface area contributed by atoms with Gasteiger partial charge in [-0.25, -0.2) is 4.79 Å². The molecule has 0 aliphatic heterocycles. The standard InChI is InChI=1S/C24H27NO5/c1-29-22-15-17(11-13-21(22)30-16-18-7-3-2-4-8-18)12-14-23(26)25-20-10-6-5-9-19(20)24(27)28/h5-6,9-15,18H,2-4,7-8,16H2,1H3,(H,25,26)(H,27,28)/b14-12+. The lowest BCUT2D eigenvalue weighted by Gasteiger charge is -2.22. The van der Waals surface area contributed by atoms with Crippen LogP contribution in [0.1, 0.15) is 48.0 Å². The Hall–Kier alpha value is -3.28. The highest BCUT2D eigenvalue weighted by atomic mass is 16.5. The van der Waals surface area contributed by atoms with Crippen LogP contribution >= 0.6 is 0 Å². The number of para-hydroxylation sites is 1. The average molecular weight is 409 g/mol. The summed E-state index contributed by atoms with van der Waals surface area (Å²) in [4.78, 5) is 23.5. The Morgan fingerprint density at radius 3 is 2.60 bits per heavy atom. The van der Waals surface area contributed by atoms with E-state index in [9.17, 15) is 14.7 Å². The monoisotopic (exact) mass is 409 g/mol. The molecule has 30 heavy (non-hydrogen) atoms. The van der Waals surface area contributed by atoms with Gasteiger partial charge in [-0.05, 0) is 54.7 Å². The number of methoxy groups -OCH3 is 1. The second-order valence-electron chi connectivity index (χ2n) is 7.40. The van der Waals surface area contributed by atoms with Crippen molar-refractivity contribution in [1.29, 1.82) is 0 Å². The van der Waals surface area contributed by atoms with Crippen molar-refractivity contribution in [2.45, 2.75) is 32.1 Å². The normalized spacial score (nSPS) is 14.4. The van der Waals surface area contributed by atoms with Gasteiger partial charge in [0, 0.05) is 6.08 Å². The predicted octanol–water partition coefficient (Wildman–Crippen LogP) is 5.00. The first kappa shape index (κ1) is 21.4. The summed E-state index contributed by atoms with van der Waals surface area (Å²) in [5.41, 5.74) is 1.07. The Morgan fingerprint density at radius 2 is 1.87 bits per heavy atom. The number of benzene rings is 2. The summed E-state index contributed by atoms with van der Waals surface area (Å²) in [6.07, 6.45) is 9.28. The molecular formula is C24H27NO5. The van der Waals surface area contributed by atoms with E-state index in [1.54, 1.807) is 31.4 Å². The van der Waals surface area contributed by atoms with Crippen molar-refractivity contribution < 1.29 is 24.2 Å². The number of carboxylic acid groups (broad SMARTS) is 1. The number of carboxylic acids is 1. The summed E-state index contributed by atoms with van der Waals surface area (Å²) >= 11 is 0. The zero-order valence-electron chi connectivity index (χ0n) is 17.1. The number of hydrogen-bond donors (Lipinski definition) is 2. The van der Waals surface area contributed by atoms with Crippen LogP contribution in [0.2, 0.25) is 0 Å². The van der Waals surface area contributed by atoms with Crippen molar-refractivity contribution >= 4 is 23.6 Å². The van der Waals surface area contributed by atoms with Crippen LogP contribution in [-0.4, -0.2) is 30.7 Å². The summed E-state index contributed by atoms with van der Waals surface area (Å²) < 4.78 is 11.4. The third-order valence-corrected chi connectivity index (χ3v) is 5.23. The number of aromatic carboxylic acids is 1. The van der Waals surface area contributed by atoms with E-state index in [1.807, 2.05) is 18.2 Å². The van der Waals surface area contributed by atoms with E-state index < -0.39 is 11.9 Å². The lowest BCUT2D eigenvalue weighted by molar-refractivity contribution is -0.111. The van der Waals surface area contributed by atoms with Gasteiger partial charge in [0.25, 0.3) is 0 Å². The van der Waals surface area contributed by atoms with Crippen molar-refractivity contribution in [3.63, 3.8) is 0 Å². The van der Waals surface area contributed by atoms with E-state index in [1.165, 1.54) is 44.2 Å². The molecule has 1 aliphatic carbocycles. The van der Waals surface area contributed by atoms with Crippen LogP contribution in [0.5, 0.6) is 11.5 Å². The van der Waals surface area contributed by atoms with Crippen LogP contribution in [0.15, 0.2) is 48.5 Å². The molecule has 158 valence electrons. The molecule has 6 heteroatoms. The molecule has 0 aromatic heterocycles. The van der Waals surface area contributed by atoms with Crippen LogP contribution in [-0.2, 0) is 4.79 Å². The Balaban J connectivity index is 1.62. The molecule has 1 saturated carbocycles. The number of anilines is 1. The van der Waals surface area contributed by atoms with Crippen molar-refractivity contribution in [1.82, 2.24) is 0 Å². The van der Waals surface area contributed by atoms with E-state index in [4.69, 9.17) is 9.47 Å². The topological polar surface area (TPSA) is 84.9 Å². The molecule has 2 N–H and O–H groups in total. The highest BCUT2D eigenvalue weighted by molar-refractivity contribution is 6.06. The third kappa shape index (κ3) is 5.86. The first-order valence-electron chi connectivity index (χ1n) is 10.2. The zero-order chi connectivity index (χ0) is 21.3. The molecule has 0 bridgehead atoms. The fraction of sp³-hybridized carbons (Fsp3) is 0.333. The minimum Gasteiger partial charge on any atom is -0.493 e. The number of rotatable bonds is 8. The number of hydrogen-bond acceptors (Lipinski definition) is 4. The molecule has 1 fully saturated rings. The number of ether oxygens (including phenoxy) is 2. The van der Waals surface area contributed by atoms with Crippen LogP contribution in [0.4, 0.5) is 5.69 Å². The molecule has 0 radical (unpaired) electrons. The van der Waals surface area contributed by atoms with Gasteiger partial charge in [0.2, 0.25) is 5.91 Å². The molecule has 1 aliphatic rings. The van der Waals surface area contributed by atoms with Crippen LogP contribution in [0.25, 0.3) is 6.08 Å². The first-order valence-corrected chi connectivity index (χ1v) is 10.2. The smallest absolute Gasteiger partial charge is 0.337 e. The summed E-state index contributed by atoms with van der Waals surface area (Å²) in [6, 6.07) is 11.8. The number of carbonyl (C=O) groups excluding carboxylic acids is 1. The minimum absolute atomic E-state index is 0.0420. The van der Waals surface area contributed by atoms with Gasteiger partial charge < -0.3 is 19.9 Å². The Kier molecular flexibility index (Phi) is 7.49. The van der Waals surface area contributed by atoms with Crippen molar-refractivity contribution in [3.05, 3.63) is 59.7 Å². The van der Waals surface area contributed by atoms with Gasteiger partial charge >= 0.3 is 5.97 Å². The van der Waals surface area contributed by atoms with Gasteiger partial charge in [-0.3, -0.25) is 4.79 Å². The molecule has 0 unspecified atom stereocenters. The van der Waals surface area contributed by atoms with Gasteiger partial charge in [0.15, 0.2) is 11.5 Å². The second-order valence-corrected chi connectivity index (χ2v) is 7.40. The van der Waals surface area contributed by atoms with Crippen molar-refractivity contribution in [3.8, 4) is 11.5 Å². The summed E-state index contributed by atoms with van der Waals surface area (Å²) in [6.45, 7) is 0.691.